The van der Waals surface area contributed by atoms with Crippen LogP contribution in [-0.4, -0.2) is 43.5 Å². The molecular formula is C22H26N3O+. The van der Waals surface area contributed by atoms with Gasteiger partial charge in [-0.2, -0.15) is 0 Å². The monoisotopic (exact) mass is 348 g/mol. The molecule has 4 nitrogen and oxygen atoms in total. The first kappa shape index (κ1) is 16.9. The fraction of sp³-hybridized carbons (Fsp3) is 0.318. The lowest BCUT2D eigenvalue weighted by atomic mass is 10.1. The summed E-state index contributed by atoms with van der Waals surface area (Å²) >= 11 is 0. The van der Waals surface area contributed by atoms with Crippen LogP contribution in [0.3, 0.4) is 0 Å². The second-order valence-corrected chi connectivity index (χ2v) is 7.29. The molecular weight excluding hydrogens is 322 g/mol. The Hall–Kier alpha value is -2.59. The topological polar surface area (TPSA) is 40.5 Å². The number of ketones is 1. The van der Waals surface area contributed by atoms with Gasteiger partial charge in [0.1, 0.15) is 6.54 Å². The molecule has 134 valence electrons. The van der Waals surface area contributed by atoms with Crippen molar-refractivity contribution in [2.24, 2.45) is 0 Å². The fourth-order valence-corrected chi connectivity index (χ4v) is 4.11. The Morgan fingerprint density at radius 3 is 2.50 bits per heavy atom. The molecule has 0 amide bonds. The summed E-state index contributed by atoms with van der Waals surface area (Å²) in [6, 6.07) is 16.6. The number of piperazine rings is 1. The summed E-state index contributed by atoms with van der Waals surface area (Å²) in [6.07, 6.45) is 0. The summed E-state index contributed by atoms with van der Waals surface area (Å²) in [6.45, 7) is 8.74. The van der Waals surface area contributed by atoms with Crippen molar-refractivity contribution in [2.75, 3.05) is 37.6 Å². The van der Waals surface area contributed by atoms with Crippen LogP contribution >= 0.6 is 0 Å². The van der Waals surface area contributed by atoms with Crippen molar-refractivity contribution in [3.05, 3.63) is 65.4 Å². The Balaban J connectivity index is 1.43. The molecule has 0 atom stereocenters. The van der Waals surface area contributed by atoms with Crippen molar-refractivity contribution in [3.8, 4) is 0 Å². The number of para-hydroxylation sites is 2. The molecule has 0 spiro atoms. The lowest BCUT2D eigenvalue weighted by molar-refractivity contribution is -0.892. The molecule has 3 aromatic rings. The molecule has 1 aromatic heterocycles. The lowest BCUT2D eigenvalue weighted by Crippen LogP contribution is -3.15. The Labute approximate surface area is 154 Å². The third-order valence-electron chi connectivity index (χ3n) is 5.51. The van der Waals surface area contributed by atoms with E-state index in [1.165, 1.54) is 16.2 Å². The van der Waals surface area contributed by atoms with Gasteiger partial charge in [-0.05, 0) is 31.5 Å². The summed E-state index contributed by atoms with van der Waals surface area (Å²) in [5.74, 6) is 0.249. The van der Waals surface area contributed by atoms with Crippen LogP contribution in [0.5, 0.6) is 0 Å². The highest BCUT2D eigenvalue weighted by molar-refractivity contribution is 6.09. The van der Waals surface area contributed by atoms with Gasteiger partial charge in [-0.25, -0.2) is 0 Å². The van der Waals surface area contributed by atoms with Crippen LogP contribution in [0.1, 0.15) is 21.6 Å². The van der Waals surface area contributed by atoms with E-state index in [4.69, 9.17) is 0 Å². The molecule has 1 aliphatic heterocycles. The number of rotatable bonds is 4. The van der Waals surface area contributed by atoms with Gasteiger partial charge in [0.15, 0.2) is 0 Å². The quantitative estimate of drug-likeness (QED) is 0.711. The van der Waals surface area contributed by atoms with Crippen LogP contribution in [-0.2, 0) is 0 Å². The Morgan fingerprint density at radius 2 is 1.73 bits per heavy atom. The van der Waals surface area contributed by atoms with Gasteiger partial charge in [0.25, 0.3) is 0 Å². The molecule has 0 saturated carbocycles. The van der Waals surface area contributed by atoms with E-state index in [-0.39, 0.29) is 5.78 Å². The second-order valence-electron chi connectivity index (χ2n) is 7.29. The maximum Gasteiger partial charge on any atom is 0.219 e. The zero-order chi connectivity index (χ0) is 18.1. The molecule has 0 radical (unpaired) electrons. The number of aryl methyl sites for hydroxylation is 2. The van der Waals surface area contributed by atoms with E-state index in [2.05, 4.69) is 41.1 Å². The third-order valence-corrected chi connectivity index (χ3v) is 5.51. The smallest absolute Gasteiger partial charge is 0.219 e. The molecule has 2 N–H and O–H groups in total. The third kappa shape index (κ3) is 3.13. The van der Waals surface area contributed by atoms with E-state index in [0.717, 1.165) is 48.3 Å². The minimum absolute atomic E-state index is 0.249. The van der Waals surface area contributed by atoms with E-state index < -0.39 is 0 Å². The number of nitrogens with one attached hydrogen (secondary N) is 2. The number of aromatic nitrogens is 1. The van der Waals surface area contributed by atoms with Gasteiger partial charge in [-0.3, -0.25) is 4.79 Å². The van der Waals surface area contributed by atoms with Crippen molar-refractivity contribution in [1.82, 2.24) is 4.98 Å². The molecule has 1 aliphatic rings. The summed E-state index contributed by atoms with van der Waals surface area (Å²) in [4.78, 5) is 20.1. The number of H-pyrrole nitrogens is 1. The number of benzene rings is 2. The summed E-state index contributed by atoms with van der Waals surface area (Å²) in [5, 5.41) is 1.05. The molecule has 1 saturated heterocycles. The Morgan fingerprint density at radius 1 is 1.04 bits per heavy atom. The van der Waals surface area contributed by atoms with Crippen molar-refractivity contribution in [1.29, 1.82) is 0 Å². The summed E-state index contributed by atoms with van der Waals surface area (Å²) < 4.78 is 0. The van der Waals surface area contributed by atoms with Gasteiger partial charge >= 0.3 is 0 Å². The van der Waals surface area contributed by atoms with E-state index in [1.54, 1.807) is 0 Å². The summed E-state index contributed by atoms with van der Waals surface area (Å²) in [7, 11) is 0. The van der Waals surface area contributed by atoms with E-state index >= 15 is 0 Å². The number of anilines is 1. The van der Waals surface area contributed by atoms with Crippen LogP contribution in [0, 0.1) is 13.8 Å². The first-order valence-electron chi connectivity index (χ1n) is 9.38. The van der Waals surface area contributed by atoms with Gasteiger partial charge in [-0.1, -0.05) is 36.4 Å². The molecule has 4 rings (SSSR count). The average Bonchev–Trinajstić information content (AvgIpc) is 2.99. The first-order chi connectivity index (χ1) is 12.6. The zero-order valence-electron chi connectivity index (χ0n) is 15.5. The highest BCUT2D eigenvalue weighted by Crippen LogP contribution is 2.22. The minimum Gasteiger partial charge on any atom is -0.360 e. The number of aromatic amines is 1. The normalized spacial score (nSPS) is 15.5. The Bertz CT molecular complexity index is 935. The van der Waals surface area contributed by atoms with E-state index in [1.807, 2.05) is 31.2 Å². The minimum atomic E-state index is 0.249. The Kier molecular flexibility index (Phi) is 4.51. The van der Waals surface area contributed by atoms with Crippen LogP contribution in [0.15, 0.2) is 48.5 Å². The first-order valence-corrected chi connectivity index (χ1v) is 9.38. The molecule has 2 aromatic carbocycles. The van der Waals surface area contributed by atoms with Crippen LogP contribution < -0.4 is 9.80 Å². The molecule has 0 bridgehead atoms. The molecule has 0 aliphatic carbocycles. The standard InChI is InChI=1S/C22H25N3O/c1-16-7-3-6-10-20(16)25-13-11-24(12-14-25)15-21(26)22-17(2)23-19-9-5-4-8-18(19)22/h3-10,23H,11-15H2,1-2H3/p+1. The van der Waals surface area contributed by atoms with E-state index in [9.17, 15) is 4.79 Å². The van der Waals surface area contributed by atoms with Crippen LogP contribution in [0.2, 0.25) is 0 Å². The number of hydrogen-bond donors (Lipinski definition) is 2. The second kappa shape index (κ2) is 6.96. The average molecular weight is 348 g/mol. The molecule has 2 heterocycles. The number of carbonyl (C=O) groups excluding carboxylic acids is 1. The van der Waals surface area contributed by atoms with Gasteiger partial charge < -0.3 is 14.8 Å². The number of hydrogen-bond acceptors (Lipinski definition) is 2. The lowest BCUT2D eigenvalue weighted by Gasteiger charge is -2.34. The number of nitrogens with zero attached hydrogens (tertiary/aromatic N) is 1. The highest BCUT2D eigenvalue weighted by Gasteiger charge is 2.25. The predicted molar refractivity (Wildman–Crippen MR) is 106 cm³/mol. The summed E-state index contributed by atoms with van der Waals surface area (Å²) in [5.41, 5.74) is 5.54. The van der Waals surface area contributed by atoms with Crippen LogP contribution in [0.4, 0.5) is 5.69 Å². The fourth-order valence-electron chi connectivity index (χ4n) is 4.11. The SMILES string of the molecule is Cc1ccccc1N1CC[NH+](CC(=O)c2c(C)[nH]c3ccccc23)CC1. The number of fused-ring (bicyclic) bond motifs is 1. The van der Waals surface area contributed by atoms with Gasteiger partial charge in [-0.15, -0.1) is 0 Å². The molecule has 4 heteroatoms. The largest absolute Gasteiger partial charge is 0.360 e. The van der Waals surface area contributed by atoms with Crippen molar-refractivity contribution in [2.45, 2.75) is 13.8 Å². The number of carbonyl (C=O) groups is 1. The number of Topliss-reactive ketones (excluding diaryl/α,β-unsaturated/α-hetero) is 1. The van der Waals surface area contributed by atoms with Crippen molar-refractivity contribution >= 4 is 22.4 Å². The number of quaternary nitrogens is 1. The molecule has 1 fully saturated rings. The van der Waals surface area contributed by atoms with Gasteiger partial charge in [0, 0.05) is 22.3 Å². The van der Waals surface area contributed by atoms with Gasteiger partial charge in [0.2, 0.25) is 5.78 Å². The maximum absolute atomic E-state index is 13.0. The predicted octanol–water partition coefficient (Wildman–Crippen LogP) is 2.37. The van der Waals surface area contributed by atoms with E-state index in [0.29, 0.717) is 6.54 Å². The van der Waals surface area contributed by atoms with Crippen LogP contribution in [0.25, 0.3) is 10.9 Å². The van der Waals surface area contributed by atoms with Crippen molar-refractivity contribution in [3.63, 3.8) is 0 Å². The highest BCUT2D eigenvalue weighted by atomic mass is 16.1. The van der Waals surface area contributed by atoms with Gasteiger partial charge in [0.05, 0.1) is 31.7 Å². The van der Waals surface area contributed by atoms with Crippen molar-refractivity contribution < 1.29 is 9.69 Å². The maximum atomic E-state index is 13.0. The zero-order valence-corrected chi connectivity index (χ0v) is 15.5. The molecule has 26 heavy (non-hydrogen) atoms. The molecule has 0 unspecified atom stereocenters.